The molecular formula is C21H35NO2. The van der Waals surface area contributed by atoms with Crippen molar-refractivity contribution in [2.75, 3.05) is 13.1 Å². The first kappa shape index (κ1) is 20.5. The molecule has 0 aromatic heterocycles. The summed E-state index contributed by atoms with van der Waals surface area (Å²) in [5.41, 5.74) is 1.22. The van der Waals surface area contributed by atoms with E-state index in [0.29, 0.717) is 5.75 Å². The number of nitrogens with zero attached hydrogens (tertiary/aromatic N) is 1. The summed E-state index contributed by atoms with van der Waals surface area (Å²) in [5.74, 6) is 0.642. The summed E-state index contributed by atoms with van der Waals surface area (Å²) in [6.07, 6.45) is 6.48. The maximum absolute atomic E-state index is 12.6. The number of rotatable bonds is 9. The van der Waals surface area contributed by atoms with Crippen LogP contribution in [-0.2, 0) is 5.41 Å². The molecule has 3 heteroatoms. The third kappa shape index (κ3) is 7.37. The van der Waals surface area contributed by atoms with E-state index in [2.05, 4.69) is 40.7 Å². The summed E-state index contributed by atoms with van der Waals surface area (Å²) in [5, 5.41) is 0. The van der Waals surface area contributed by atoms with E-state index in [1.807, 2.05) is 23.1 Å². The van der Waals surface area contributed by atoms with Crippen LogP contribution in [0.1, 0.15) is 78.7 Å². The number of unbranched alkanes of at least 4 members (excludes halogenated alkanes) is 4. The summed E-state index contributed by atoms with van der Waals surface area (Å²) in [6, 6.07) is 7.89. The molecule has 1 aromatic rings. The van der Waals surface area contributed by atoms with Gasteiger partial charge >= 0.3 is 6.09 Å². The normalized spacial score (nSPS) is 11.4. The lowest BCUT2D eigenvalue weighted by molar-refractivity contribution is 0.150. The minimum atomic E-state index is -0.215. The van der Waals surface area contributed by atoms with Crippen molar-refractivity contribution in [3.63, 3.8) is 0 Å². The Balaban J connectivity index is 2.71. The third-order valence-electron chi connectivity index (χ3n) is 4.23. The Hall–Kier alpha value is -1.51. The van der Waals surface area contributed by atoms with Crippen LogP contribution in [0.25, 0.3) is 0 Å². The molecule has 1 aromatic carbocycles. The molecule has 0 atom stereocenters. The number of carbonyl (C=O) groups excluding carboxylic acids is 1. The minimum absolute atomic E-state index is 0.0460. The Bertz CT molecular complexity index is 481. The van der Waals surface area contributed by atoms with Crippen molar-refractivity contribution in [3.05, 3.63) is 29.8 Å². The summed E-state index contributed by atoms with van der Waals surface area (Å²) in [4.78, 5) is 14.4. The minimum Gasteiger partial charge on any atom is -0.410 e. The van der Waals surface area contributed by atoms with Crippen LogP contribution < -0.4 is 4.74 Å². The van der Waals surface area contributed by atoms with Crippen LogP contribution in [0.2, 0.25) is 0 Å². The summed E-state index contributed by atoms with van der Waals surface area (Å²) < 4.78 is 5.66. The van der Waals surface area contributed by atoms with E-state index in [0.717, 1.165) is 51.6 Å². The molecule has 136 valence electrons. The molecule has 0 spiro atoms. The third-order valence-corrected chi connectivity index (χ3v) is 4.23. The highest BCUT2D eigenvalue weighted by molar-refractivity contribution is 5.70. The van der Waals surface area contributed by atoms with Gasteiger partial charge in [-0.1, -0.05) is 72.4 Å². The molecule has 3 nitrogen and oxygen atoms in total. The predicted molar refractivity (Wildman–Crippen MR) is 102 cm³/mol. The van der Waals surface area contributed by atoms with Crippen molar-refractivity contribution < 1.29 is 9.53 Å². The fourth-order valence-electron chi connectivity index (χ4n) is 2.59. The Morgan fingerprint density at radius 1 is 1.00 bits per heavy atom. The van der Waals surface area contributed by atoms with Gasteiger partial charge in [0, 0.05) is 13.1 Å². The van der Waals surface area contributed by atoms with Crippen molar-refractivity contribution in [1.29, 1.82) is 0 Å². The molecule has 0 heterocycles. The number of carbonyl (C=O) groups is 1. The highest BCUT2D eigenvalue weighted by Gasteiger charge is 2.18. The summed E-state index contributed by atoms with van der Waals surface area (Å²) in [6.45, 7) is 12.4. The van der Waals surface area contributed by atoms with E-state index >= 15 is 0 Å². The number of benzene rings is 1. The lowest BCUT2D eigenvalue weighted by Crippen LogP contribution is -2.35. The summed E-state index contributed by atoms with van der Waals surface area (Å²) in [7, 11) is 0. The number of ether oxygens (including phenoxy) is 1. The first-order valence-corrected chi connectivity index (χ1v) is 9.45. The van der Waals surface area contributed by atoms with Gasteiger partial charge in [0.15, 0.2) is 0 Å². The van der Waals surface area contributed by atoms with Gasteiger partial charge in [0.25, 0.3) is 0 Å². The molecule has 24 heavy (non-hydrogen) atoms. The zero-order valence-corrected chi connectivity index (χ0v) is 16.2. The molecule has 0 radical (unpaired) electrons. The van der Waals surface area contributed by atoms with Crippen molar-refractivity contribution in [3.8, 4) is 5.75 Å². The van der Waals surface area contributed by atoms with Crippen LogP contribution in [0.4, 0.5) is 4.79 Å². The van der Waals surface area contributed by atoms with Crippen molar-refractivity contribution in [2.24, 2.45) is 0 Å². The average Bonchev–Trinajstić information content (AvgIpc) is 2.53. The standard InChI is InChI=1S/C21H35NO2/c1-6-8-10-15-22(16-11-9-7-2)20(23)24-19-14-12-13-18(17-19)21(3,4)5/h12-14,17H,6-11,15-16H2,1-5H3. The van der Waals surface area contributed by atoms with Crippen LogP contribution in [0.3, 0.4) is 0 Å². The second-order valence-corrected chi connectivity index (χ2v) is 7.55. The molecule has 1 rings (SSSR count). The maximum Gasteiger partial charge on any atom is 0.415 e. The Morgan fingerprint density at radius 2 is 1.58 bits per heavy atom. The Morgan fingerprint density at radius 3 is 2.08 bits per heavy atom. The topological polar surface area (TPSA) is 29.5 Å². The largest absolute Gasteiger partial charge is 0.415 e. The number of amides is 1. The predicted octanol–water partition coefficient (Wildman–Crippen LogP) is 6.17. The van der Waals surface area contributed by atoms with Gasteiger partial charge in [0.2, 0.25) is 0 Å². The zero-order chi connectivity index (χ0) is 18.0. The van der Waals surface area contributed by atoms with Gasteiger partial charge in [-0.25, -0.2) is 4.79 Å². The second-order valence-electron chi connectivity index (χ2n) is 7.55. The van der Waals surface area contributed by atoms with E-state index in [-0.39, 0.29) is 11.5 Å². The van der Waals surface area contributed by atoms with Crippen LogP contribution in [0.5, 0.6) is 5.75 Å². The number of hydrogen-bond acceptors (Lipinski definition) is 2. The van der Waals surface area contributed by atoms with E-state index < -0.39 is 0 Å². The molecule has 1 amide bonds. The first-order chi connectivity index (χ1) is 11.4. The smallest absolute Gasteiger partial charge is 0.410 e. The van der Waals surface area contributed by atoms with Crippen molar-refractivity contribution in [1.82, 2.24) is 4.90 Å². The van der Waals surface area contributed by atoms with Crippen LogP contribution in [0, 0.1) is 0 Å². The molecule has 0 saturated carbocycles. The maximum atomic E-state index is 12.6. The fraction of sp³-hybridized carbons (Fsp3) is 0.667. The van der Waals surface area contributed by atoms with Gasteiger partial charge in [-0.2, -0.15) is 0 Å². The second kappa shape index (κ2) is 10.4. The lowest BCUT2D eigenvalue weighted by Gasteiger charge is -2.23. The highest BCUT2D eigenvalue weighted by atomic mass is 16.6. The van der Waals surface area contributed by atoms with Gasteiger partial charge in [0.05, 0.1) is 0 Å². The SMILES string of the molecule is CCCCCN(CCCCC)C(=O)Oc1cccc(C(C)(C)C)c1. The van der Waals surface area contributed by atoms with Crippen molar-refractivity contribution >= 4 is 6.09 Å². The molecular weight excluding hydrogens is 298 g/mol. The molecule has 0 fully saturated rings. The van der Waals surface area contributed by atoms with E-state index in [4.69, 9.17) is 4.74 Å². The molecule has 0 bridgehead atoms. The summed E-state index contributed by atoms with van der Waals surface area (Å²) >= 11 is 0. The molecule has 0 aliphatic rings. The van der Waals surface area contributed by atoms with Gasteiger partial charge in [-0.05, 0) is 36.0 Å². The molecule has 0 saturated heterocycles. The van der Waals surface area contributed by atoms with Gasteiger partial charge in [-0.3, -0.25) is 0 Å². The van der Waals surface area contributed by atoms with E-state index in [1.54, 1.807) is 0 Å². The molecule has 0 aliphatic carbocycles. The Labute approximate surface area is 148 Å². The van der Waals surface area contributed by atoms with E-state index in [9.17, 15) is 4.79 Å². The van der Waals surface area contributed by atoms with Crippen LogP contribution in [0.15, 0.2) is 24.3 Å². The monoisotopic (exact) mass is 333 g/mol. The molecule has 0 N–H and O–H groups in total. The quantitative estimate of drug-likeness (QED) is 0.506. The average molecular weight is 334 g/mol. The van der Waals surface area contributed by atoms with E-state index in [1.165, 1.54) is 5.56 Å². The molecule has 0 unspecified atom stereocenters. The highest BCUT2D eigenvalue weighted by Crippen LogP contribution is 2.26. The van der Waals surface area contributed by atoms with Crippen LogP contribution in [-0.4, -0.2) is 24.1 Å². The van der Waals surface area contributed by atoms with Crippen molar-refractivity contribution in [2.45, 2.75) is 78.6 Å². The fourth-order valence-corrected chi connectivity index (χ4v) is 2.59. The number of hydrogen-bond donors (Lipinski definition) is 0. The zero-order valence-electron chi connectivity index (χ0n) is 16.2. The van der Waals surface area contributed by atoms with Crippen LogP contribution >= 0.6 is 0 Å². The first-order valence-electron chi connectivity index (χ1n) is 9.45. The van der Waals surface area contributed by atoms with Gasteiger partial charge < -0.3 is 9.64 Å². The molecule has 0 aliphatic heterocycles. The van der Waals surface area contributed by atoms with Gasteiger partial charge in [-0.15, -0.1) is 0 Å². The lowest BCUT2D eigenvalue weighted by atomic mass is 9.87. The Kier molecular flexibility index (Phi) is 8.88. The van der Waals surface area contributed by atoms with Gasteiger partial charge in [0.1, 0.15) is 5.75 Å².